The number of thiophene rings is 1. The fraction of sp³-hybridized carbons (Fsp3) is 0.471. The molecular weight excluding hydrogens is 315 g/mol. The van der Waals surface area contributed by atoms with Gasteiger partial charge < -0.3 is 15.4 Å². The lowest BCUT2D eigenvalue weighted by Crippen LogP contribution is -2.40. The monoisotopic (exact) mass is 336 g/mol. The quantitative estimate of drug-likeness (QED) is 0.854. The number of hydrogen-bond acceptors (Lipinski definition) is 4. The van der Waals surface area contributed by atoms with Gasteiger partial charge in [0.1, 0.15) is 5.82 Å². The van der Waals surface area contributed by atoms with Crippen LogP contribution in [0.3, 0.4) is 0 Å². The van der Waals surface area contributed by atoms with Crippen molar-refractivity contribution in [1.29, 1.82) is 0 Å². The molecule has 0 spiro atoms. The van der Waals surface area contributed by atoms with Crippen molar-refractivity contribution in [2.75, 3.05) is 26.2 Å². The summed E-state index contributed by atoms with van der Waals surface area (Å²) in [6, 6.07) is 6.41. The van der Waals surface area contributed by atoms with Crippen LogP contribution in [0, 0.1) is 5.82 Å². The molecule has 2 aromatic rings. The number of hydrogen-bond donors (Lipinski definition) is 1. The summed E-state index contributed by atoms with van der Waals surface area (Å²) in [5, 5.41) is 0.790. The van der Waals surface area contributed by atoms with E-state index in [1.165, 1.54) is 23.5 Å². The van der Waals surface area contributed by atoms with E-state index in [0.29, 0.717) is 31.1 Å². The zero-order valence-corrected chi connectivity index (χ0v) is 13.8. The van der Waals surface area contributed by atoms with Gasteiger partial charge in [0.15, 0.2) is 0 Å². The molecule has 1 aromatic heterocycles. The summed E-state index contributed by atoms with van der Waals surface area (Å²) in [6.45, 7) is 2.74. The minimum Gasteiger partial charge on any atom is -0.378 e. The van der Waals surface area contributed by atoms with Crippen LogP contribution in [0.5, 0.6) is 0 Å². The van der Waals surface area contributed by atoms with Gasteiger partial charge in [0.25, 0.3) is 5.91 Å². The van der Waals surface area contributed by atoms with Crippen molar-refractivity contribution in [2.24, 2.45) is 5.73 Å². The Hall–Kier alpha value is -1.50. The van der Waals surface area contributed by atoms with Gasteiger partial charge in [-0.2, -0.15) is 0 Å². The van der Waals surface area contributed by atoms with E-state index in [1.54, 1.807) is 12.1 Å². The molecule has 1 amide bonds. The van der Waals surface area contributed by atoms with Crippen LogP contribution in [0.25, 0.3) is 10.1 Å². The molecule has 1 aliphatic rings. The zero-order chi connectivity index (χ0) is 16.2. The molecule has 0 unspecified atom stereocenters. The number of ether oxygens (including phenoxy) is 1. The van der Waals surface area contributed by atoms with Crippen molar-refractivity contribution < 1.29 is 13.9 Å². The number of benzene rings is 1. The summed E-state index contributed by atoms with van der Waals surface area (Å²) < 4.78 is 20.0. The molecule has 0 saturated carbocycles. The number of likely N-dealkylation sites (tertiary alicyclic amines) is 1. The van der Waals surface area contributed by atoms with E-state index in [2.05, 4.69) is 0 Å². The molecule has 0 atom stereocenters. The summed E-state index contributed by atoms with van der Waals surface area (Å²) in [4.78, 5) is 15.1. The molecule has 1 aliphatic heterocycles. The van der Waals surface area contributed by atoms with E-state index in [1.807, 2.05) is 4.90 Å². The highest BCUT2D eigenvalue weighted by Gasteiger charge is 2.25. The molecule has 124 valence electrons. The molecule has 0 bridgehead atoms. The number of rotatable bonds is 5. The highest BCUT2D eigenvalue weighted by Crippen LogP contribution is 2.28. The SMILES string of the molecule is NCCCOC1CCN(C(=O)c2cc3cc(F)ccc3s2)CC1. The first-order chi connectivity index (χ1) is 11.2. The van der Waals surface area contributed by atoms with Crippen molar-refractivity contribution in [3.05, 3.63) is 35.0 Å². The van der Waals surface area contributed by atoms with E-state index < -0.39 is 0 Å². The highest BCUT2D eigenvalue weighted by atomic mass is 32.1. The molecule has 4 nitrogen and oxygen atoms in total. The lowest BCUT2D eigenvalue weighted by molar-refractivity contribution is 0.00858. The zero-order valence-electron chi connectivity index (χ0n) is 13.0. The van der Waals surface area contributed by atoms with Crippen molar-refractivity contribution in [3.63, 3.8) is 0 Å². The average Bonchev–Trinajstić information content (AvgIpc) is 2.98. The van der Waals surface area contributed by atoms with Gasteiger partial charge in [-0.05, 0) is 55.5 Å². The topological polar surface area (TPSA) is 55.6 Å². The Balaban J connectivity index is 1.60. The lowest BCUT2D eigenvalue weighted by atomic mass is 10.1. The minimum absolute atomic E-state index is 0.0343. The van der Waals surface area contributed by atoms with E-state index in [4.69, 9.17) is 10.5 Å². The van der Waals surface area contributed by atoms with Crippen molar-refractivity contribution in [2.45, 2.75) is 25.4 Å². The van der Waals surface area contributed by atoms with Crippen LogP contribution in [-0.4, -0.2) is 43.2 Å². The second-order valence-corrected chi connectivity index (χ2v) is 6.88. The van der Waals surface area contributed by atoms with Gasteiger partial charge in [-0.25, -0.2) is 4.39 Å². The molecule has 1 fully saturated rings. The predicted octanol–water partition coefficient (Wildman–Crippen LogP) is 3.01. The first-order valence-corrected chi connectivity index (χ1v) is 8.79. The summed E-state index contributed by atoms with van der Waals surface area (Å²) in [7, 11) is 0. The molecule has 2 N–H and O–H groups in total. The number of carbonyl (C=O) groups excluding carboxylic acids is 1. The van der Waals surface area contributed by atoms with Gasteiger partial charge >= 0.3 is 0 Å². The van der Waals surface area contributed by atoms with Gasteiger partial charge in [-0.1, -0.05) is 0 Å². The van der Waals surface area contributed by atoms with E-state index in [0.717, 1.165) is 29.3 Å². The molecular formula is C17H21FN2O2S. The van der Waals surface area contributed by atoms with Crippen molar-refractivity contribution in [1.82, 2.24) is 4.90 Å². The van der Waals surface area contributed by atoms with Crippen LogP contribution in [0.1, 0.15) is 28.9 Å². The lowest BCUT2D eigenvalue weighted by Gasteiger charge is -2.31. The number of nitrogens with zero attached hydrogens (tertiary/aromatic N) is 1. The minimum atomic E-state index is -0.273. The van der Waals surface area contributed by atoms with Crippen LogP contribution >= 0.6 is 11.3 Å². The Kier molecular flexibility index (Phi) is 5.25. The summed E-state index contributed by atoms with van der Waals surface area (Å²) in [5.74, 6) is -0.239. The third kappa shape index (κ3) is 3.88. The van der Waals surface area contributed by atoms with Gasteiger partial charge in [0.2, 0.25) is 0 Å². The molecule has 2 heterocycles. The Bertz CT molecular complexity index is 680. The van der Waals surface area contributed by atoms with Crippen molar-refractivity contribution >= 4 is 27.3 Å². The second-order valence-electron chi connectivity index (χ2n) is 5.80. The number of halogens is 1. The van der Waals surface area contributed by atoms with Gasteiger partial charge in [0.05, 0.1) is 11.0 Å². The average molecular weight is 336 g/mol. The Morgan fingerprint density at radius 2 is 2.13 bits per heavy atom. The molecule has 1 aromatic carbocycles. The number of fused-ring (bicyclic) bond motifs is 1. The number of piperidine rings is 1. The number of amides is 1. The molecule has 0 aliphatic carbocycles. The van der Waals surface area contributed by atoms with Gasteiger partial charge in [-0.3, -0.25) is 4.79 Å². The second kappa shape index (κ2) is 7.38. The molecule has 23 heavy (non-hydrogen) atoms. The maximum Gasteiger partial charge on any atom is 0.263 e. The fourth-order valence-corrected chi connectivity index (χ4v) is 3.85. The summed E-state index contributed by atoms with van der Waals surface area (Å²) >= 11 is 1.42. The first kappa shape index (κ1) is 16.4. The maximum atomic E-state index is 13.3. The normalized spacial score (nSPS) is 16.2. The fourth-order valence-electron chi connectivity index (χ4n) is 2.83. The molecule has 1 saturated heterocycles. The van der Waals surface area contributed by atoms with Crippen LogP contribution in [-0.2, 0) is 4.74 Å². The Morgan fingerprint density at radius 1 is 1.35 bits per heavy atom. The smallest absolute Gasteiger partial charge is 0.263 e. The summed E-state index contributed by atoms with van der Waals surface area (Å²) in [5.41, 5.74) is 5.46. The highest BCUT2D eigenvalue weighted by molar-refractivity contribution is 7.20. The van der Waals surface area contributed by atoms with E-state index >= 15 is 0 Å². The molecule has 6 heteroatoms. The standard InChI is InChI=1S/C17H21FN2O2S/c18-13-2-3-15-12(10-13)11-16(23-15)17(21)20-7-4-14(5-8-20)22-9-1-6-19/h2-3,10-11,14H,1,4-9,19H2. The first-order valence-electron chi connectivity index (χ1n) is 7.97. The summed E-state index contributed by atoms with van der Waals surface area (Å²) in [6.07, 6.45) is 2.81. The van der Waals surface area contributed by atoms with Crippen LogP contribution < -0.4 is 5.73 Å². The number of carbonyl (C=O) groups is 1. The third-order valence-electron chi connectivity index (χ3n) is 4.12. The van der Waals surface area contributed by atoms with Gasteiger partial charge in [-0.15, -0.1) is 11.3 Å². The maximum absolute atomic E-state index is 13.3. The van der Waals surface area contributed by atoms with E-state index in [9.17, 15) is 9.18 Å². The van der Waals surface area contributed by atoms with Crippen LogP contribution in [0.2, 0.25) is 0 Å². The van der Waals surface area contributed by atoms with E-state index in [-0.39, 0.29) is 17.8 Å². The predicted molar refractivity (Wildman–Crippen MR) is 90.3 cm³/mol. The Labute approximate surface area is 139 Å². The van der Waals surface area contributed by atoms with Crippen LogP contribution in [0.15, 0.2) is 24.3 Å². The molecule has 0 radical (unpaired) electrons. The Morgan fingerprint density at radius 3 is 2.87 bits per heavy atom. The van der Waals surface area contributed by atoms with Gasteiger partial charge in [0, 0.05) is 24.4 Å². The number of nitrogens with two attached hydrogens (primary N) is 1. The molecule has 3 rings (SSSR count). The van der Waals surface area contributed by atoms with Crippen LogP contribution in [0.4, 0.5) is 4.39 Å². The largest absolute Gasteiger partial charge is 0.378 e. The third-order valence-corrected chi connectivity index (χ3v) is 5.22. The van der Waals surface area contributed by atoms with Crippen molar-refractivity contribution in [3.8, 4) is 0 Å².